The SMILES string of the molecule is CCNC(c1ccncc1F)c1cccc2cccnc12. The van der Waals surface area contributed by atoms with E-state index in [4.69, 9.17) is 0 Å². The number of halogens is 1. The Kier molecular flexibility index (Phi) is 3.88. The van der Waals surface area contributed by atoms with Gasteiger partial charge in [-0.15, -0.1) is 0 Å². The first-order valence-electron chi connectivity index (χ1n) is 6.97. The second-order valence-corrected chi connectivity index (χ2v) is 4.81. The summed E-state index contributed by atoms with van der Waals surface area (Å²) in [6.07, 6.45) is 4.62. The van der Waals surface area contributed by atoms with Gasteiger partial charge in [0.1, 0.15) is 5.82 Å². The van der Waals surface area contributed by atoms with Crippen molar-refractivity contribution in [3.05, 3.63) is 71.9 Å². The van der Waals surface area contributed by atoms with Gasteiger partial charge in [-0.05, 0) is 24.2 Å². The molecule has 3 aromatic rings. The molecule has 0 spiro atoms. The second kappa shape index (κ2) is 5.97. The lowest BCUT2D eigenvalue weighted by Crippen LogP contribution is -2.23. The van der Waals surface area contributed by atoms with Crippen LogP contribution in [0.1, 0.15) is 24.1 Å². The van der Waals surface area contributed by atoms with Crippen molar-refractivity contribution in [2.45, 2.75) is 13.0 Å². The lowest BCUT2D eigenvalue weighted by molar-refractivity contribution is 0.556. The Morgan fingerprint density at radius 1 is 1.10 bits per heavy atom. The van der Waals surface area contributed by atoms with Gasteiger partial charge >= 0.3 is 0 Å². The van der Waals surface area contributed by atoms with E-state index in [0.29, 0.717) is 5.56 Å². The molecule has 0 radical (unpaired) electrons. The van der Waals surface area contributed by atoms with Crippen molar-refractivity contribution in [1.82, 2.24) is 15.3 Å². The molecule has 0 saturated carbocycles. The summed E-state index contributed by atoms with van der Waals surface area (Å²) < 4.78 is 14.1. The number of fused-ring (bicyclic) bond motifs is 1. The summed E-state index contributed by atoms with van der Waals surface area (Å²) in [6.45, 7) is 2.74. The topological polar surface area (TPSA) is 37.8 Å². The number of para-hydroxylation sites is 1. The molecular formula is C17H16FN3. The summed E-state index contributed by atoms with van der Waals surface area (Å²) in [4.78, 5) is 8.29. The summed E-state index contributed by atoms with van der Waals surface area (Å²) in [5.41, 5.74) is 2.45. The minimum absolute atomic E-state index is 0.239. The van der Waals surface area contributed by atoms with Gasteiger partial charge in [-0.2, -0.15) is 0 Å². The minimum atomic E-state index is -0.309. The number of benzene rings is 1. The van der Waals surface area contributed by atoms with E-state index in [-0.39, 0.29) is 11.9 Å². The van der Waals surface area contributed by atoms with E-state index < -0.39 is 0 Å². The molecule has 0 amide bonds. The van der Waals surface area contributed by atoms with Gasteiger partial charge in [0.25, 0.3) is 0 Å². The molecule has 4 heteroatoms. The van der Waals surface area contributed by atoms with Crippen LogP contribution in [-0.2, 0) is 0 Å². The van der Waals surface area contributed by atoms with E-state index in [1.165, 1.54) is 6.20 Å². The number of nitrogens with one attached hydrogen (secondary N) is 1. The molecule has 1 unspecified atom stereocenters. The van der Waals surface area contributed by atoms with Crippen LogP contribution >= 0.6 is 0 Å². The van der Waals surface area contributed by atoms with E-state index >= 15 is 0 Å². The summed E-state index contributed by atoms with van der Waals surface area (Å²) in [5.74, 6) is -0.309. The zero-order chi connectivity index (χ0) is 14.7. The van der Waals surface area contributed by atoms with E-state index in [9.17, 15) is 4.39 Å². The van der Waals surface area contributed by atoms with E-state index in [0.717, 1.165) is 23.0 Å². The minimum Gasteiger partial charge on any atom is -0.306 e. The van der Waals surface area contributed by atoms with Gasteiger partial charge < -0.3 is 5.32 Å². The maximum atomic E-state index is 14.1. The Labute approximate surface area is 122 Å². The average molecular weight is 281 g/mol. The maximum absolute atomic E-state index is 14.1. The van der Waals surface area contributed by atoms with Crippen LogP contribution in [0.25, 0.3) is 10.9 Å². The first-order valence-corrected chi connectivity index (χ1v) is 6.97. The number of hydrogen-bond acceptors (Lipinski definition) is 3. The molecule has 1 aromatic carbocycles. The molecule has 1 atom stereocenters. The molecule has 0 bridgehead atoms. The van der Waals surface area contributed by atoms with Crippen LogP contribution < -0.4 is 5.32 Å². The molecule has 106 valence electrons. The predicted octanol–water partition coefficient (Wildman–Crippen LogP) is 3.47. The molecule has 0 saturated heterocycles. The molecule has 2 aromatic heterocycles. The van der Waals surface area contributed by atoms with E-state index in [1.54, 1.807) is 18.5 Å². The van der Waals surface area contributed by atoms with Crippen LogP contribution in [0.2, 0.25) is 0 Å². The smallest absolute Gasteiger partial charge is 0.146 e. The third-order valence-corrected chi connectivity index (χ3v) is 3.50. The standard InChI is InChI=1S/C17H16FN3/c1-2-20-17(13-8-10-19-11-15(13)18)14-7-3-5-12-6-4-9-21-16(12)14/h3-11,17,20H,2H2,1H3. The van der Waals surface area contributed by atoms with Crippen LogP contribution in [0.15, 0.2) is 55.0 Å². The molecule has 21 heavy (non-hydrogen) atoms. The lowest BCUT2D eigenvalue weighted by Gasteiger charge is -2.20. The molecule has 2 heterocycles. The van der Waals surface area contributed by atoms with E-state index in [1.807, 2.05) is 37.3 Å². The van der Waals surface area contributed by atoms with Crippen molar-refractivity contribution < 1.29 is 4.39 Å². The largest absolute Gasteiger partial charge is 0.306 e. The summed E-state index contributed by atoms with van der Waals surface area (Å²) >= 11 is 0. The van der Waals surface area contributed by atoms with Gasteiger partial charge in [-0.1, -0.05) is 31.2 Å². The van der Waals surface area contributed by atoms with Gasteiger partial charge in [0.2, 0.25) is 0 Å². The Balaban J connectivity index is 2.19. The molecule has 0 aliphatic rings. The van der Waals surface area contributed by atoms with Crippen LogP contribution in [0.4, 0.5) is 4.39 Å². The predicted molar refractivity (Wildman–Crippen MR) is 81.5 cm³/mol. The van der Waals surface area contributed by atoms with Gasteiger partial charge in [0, 0.05) is 23.3 Å². The number of hydrogen-bond donors (Lipinski definition) is 1. The fraction of sp³-hybridized carbons (Fsp3) is 0.176. The number of aromatic nitrogens is 2. The first kappa shape index (κ1) is 13.6. The molecule has 0 aliphatic carbocycles. The zero-order valence-electron chi connectivity index (χ0n) is 11.8. The van der Waals surface area contributed by atoms with Crippen molar-refractivity contribution in [1.29, 1.82) is 0 Å². The first-order chi connectivity index (χ1) is 10.3. The summed E-state index contributed by atoms with van der Waals surface area (Å²) in [5, 5.41) is 4.39. The fourth-order valence-electron chi connectivity index (χ4n) is 2.57. The normalized spacial score (nSPS) is 12.5. The summed E-state index contributed by atoms with van der Waals surface area (Å²) in [7, 11) is 0. The Morgan fingerprint density at radius 3 is 2.76 bits per heavy atom. The second-order valence-electron chi connectivity index (χ2n) is 4.81. The summed E-state index contributed by atoms with van der Waals surface area (Å²) in [6, 6.07) is 11.4. The highest BCUT2D eigenvalue weighted by molar-refractivity contribution is 5.82. The van der Waals surface area contributed by atoms with Crippen molar-refractivity contribution in [3.8, 4) is 0 Å². The average Bonchev–Trinajstić information content (AvgIpc) is 2.53. The molecule has 3 nitrogen and oxygen atoms in total. The van der Waals surface area contributed by atoms with Crippen LogP contribution in [0.5, 0.6) is 0 Å². The molecule has 0 aliphatic heterocycles. The number of pyridine rings is 2. The Hall–Kier alpha value is -2.33. The lowest BCUT2D eigenvalue weighted by atomic mass is 9.96. The number of nitrogens with zero attached hydrogens (tertiary/aromatic N) is 2. The molecule has 1 N–H and O–H groups in total. The highest BCUT2D eigenvalue weighted by atomic mass is 19.1. The third-order valence-electron chi connectivity index (χ3n) is 3.50. The van der Waals surface area contributed by atoms with Gasteiger partial charge in [-0.25, -0.2) is 4.39 Å². The Morgan fingerprint density at radius 2 is 1.95 bits per heavy atom. The fourth-order valence-corrected chi connectivity index (χ4v) is 2.57. The van der Waals surface area contributed by atoms with E-state index in [2.05, 4.69) is 15.3 Å². The monoisotopic (exact) mass is 281 g/mol. The van der Waals surface area contributed by atoms with Crippen molar-refractivity contribution >= 4 is 10.9 Å². The van der Waals surface area contributed by atoms with Gasteiger partial charge in [-0.3, -0.25) is 9.97 Å². The van der Waals surface area contributed by atoms with Gasteiger partial charge in [0.15, 0.2) is 0 Å². The quantitative estimate of drug-likeness (QED) is 0.795. The molecular weight excluding hydrogens is 265 g/mol. The van der Waals surface area contributed by atoms with Crippen LogP contribution in [-0.4, -0.2) is 16.5 Å². The molecule has 0 fully saturated rings. The zero-order valence-corrected chi connectivity index (χ0v) is 11.8. The van der Waals surface area contributed by atoms with Crippen molar-refractivity contribution in [3.63, 3.8) is 0 Å². The highest BCUT2D eigenvalue weighted by Gasteiger charge is 2.19. The van der Waals surface area contributed by atoms with Crippen LogP contribution in [0, 0.1) is 5.82 Å². The number of rotatable bonds is 4. The molecule has 3 rings (SSSR count). The van der Waals surface area contributed by atoms with Crippen molar-refractivity contribution in [2.75, 3.05) is 6.54 Å². The van der Waals surface area contributed by atoms with Gasteiger partial charge in [0.05, 0.1) is 17.8 Å². The highest BCUT2D eigenvalue weighted by Crippen LogP contribution is 2.28. The van der Waals surface area contributed by atoms with Crippen LogP contribution in [0.3, 0.4) is 0 Å². The maximum Gasteiger partial charge on any atom is 0.146 e. The Bertz CT molecular complexity index is 752. The third kappa shape index (κ3) is 2.62. The van der Waals surface area contributed by atoms with Crippen molar-refractivity contribution in [2.24, 2.45) is 0 Å².